The topological polar surface area (TPSA) is 69.4 Å². The molecular formula is C11H12BrNO4. The Bertz CT molecular complexity index is 459. The normalized spacial score (nSPS) is 10.1. The molecule has 0 fully saturated rings. The Kier molecular flexibility index (Phi) is 4.62. The number of carbonyl (C=O) groups excluding carboxylic acids is 1. The summed E-state index contributed by atoms with van der Waals surface area (Å²) >= 11 is 3.19. The van der Waals surface area contributed by atoms with E-state index in [0.717, 1.165) is 0 Å². The first-order valence-corrected chi connectivity index (χ1v) is 5.78. The van der Waals surface area contributed by atoms with Gasteiger partial charge in [-0.25, -0.2) is 0 Å². The molecular weight excluding hydrogens is 290 g/mol. The van der Waals surface area contributed by atoms with Gasteiger partial charge in [0.25, 0.3) is 0 Å². The zero-order valence-corrected chi connectivity index (χ0v) is 11.1. The van der Waals surface area contributed by atoms with Gasteiger partial charge in [0, 0.05) is 17.0 Å². The van der Waals surface area contributed by atoms with Gasteiger partial charge in [-0.1, -0.05) is 15.9 Å². The molecule has 5 nitrogen and oxygen atoms in total. The maximum atomic E-state index is 10.9. The smallest absolute Gasteiger partial charge is 0.312 e. The van der Waals surface area contributed by atoms with Crippen LogP contribution >= 0.6 is 15.9 Å². The largest absolute Gasteiger partial charge is 0.486 e. The summed E-state index contributed by atoms with van der Waals surface area (Å²) in [6.07, 6.45) is 0.243. The number of hydrogen-bond acceptors (Lipinski definition) is 4. The van der Waals surface area contributed by atoms with Gasteiger partial charge in [0.2, 0.25) is 0 Å². The van der Waals surface area contributed by atoms with Gasteiger partial charge >= 0.3 is 5.69 Å². The Morgan fingerprint density at radius 2 is 2.18 bits per heavy atom. The maximum Gasteiger partial charge on any atom is 0.312 e. The summed E-state index contributed by atoms with van der Waals surface area (Å²) in [6.45, 7) is 3.33. The third-order valence-corrected chi connectivity index (χ3v) is 2.57. The van der Waals surface area contributed by atoms with Gasteiger partial charge in [-0.15, -0.1) is 0 Å². The molecule has 0 aliphatic rings. The van der Waals surface area contributed by atoms with Gasteiger partial charge in [0.05, 0.1) is 11.5 Å². The lowest BCUT2D eigenvalue weighted by molar-refractivity contribution is -0.386. The second-order valence-electron chi connectivity index (χ2n) is 3.63. The number of carbonyl (C=O) groups is 1. The third kappa shape index (κ3) is 3.81. The van der Waals surface area contributed by atoms with Crippen molar-refractivity contribution in [3.63, 3.8) is 0 Å². The van der Waals surface area contributed by atoms with Crippen LogP contribution in [0.25, 0.3) is 0 Å². The molecule has 0 saturated heterocycles. The van der Waals surface area contributed by atoms with Crippen LogP contribution in [0, 0.1) is 17.0 Å². The molecule has 1 aromatic carbocycles. The fourth-order valence-corrected chi connectivity index (χ4v) is 1.89. The van der Waals surface area contributed by atoms with E-state index in [4.69, 9.17) is 4.74 Å². The van der Waals surface area contributed by atoms with E-state index in [2.05, 4.69) is 15.9 Å². The van der Waals surface area contributed by atoms with Gasteiger partial charge < -0.3 is 4.74 Å². The van der Waals surface area contributed by atoms with Crippen LogP contribution < -0.4 is 4.74 Å². The van der Waals surface area contributed by atoms with Crippen LogP contribution in [0.5, 0.6) is 5.75 Å². The molecule has 0 heterocycles. The van der Waals surface area contributed by atoms with E-state index in [9.17, 15) is 14.9 Å². The van der Waals surface area contributed by atoms with Gasteiger partial charge in [-0.05, 0) is 25.5 Å². The molecule has 0 atom stereocenters. The van der Waals surface area contributed by atoms with E-state index in [-0.39, 0.29) is 30.2 Å². The Morgan fingerprint density at radius 1 is 1.53 bits per heavy atom. The molecule has 17 heavy (non-hydrogen) atoms. The number of nitro benzene ring substituents is 1. The van der Waals surface area contributed by atoms with E-state index < -0.39 is 4.92 Å². The SMILES string of the molecule is CC(=O)CCOc1c(C)cc(Br)cc1[N+](=O)[O-]. The van der Waals surface area contributed by atoms with E-state index in [1.54, 1.807) is 13.0 Å². The summed E-state index contributed by atoms with van der Waals surface area (Å²) in [4.78, 5) is 21.1. The number of nitrogens with zero attached hydrogens (tertiary/aromatic N) is 1. The predicted octanol–water partition coefficient (Wildman–Crippen LogP) is 3.02. The minimum Gasteiger partial charge on any atom is -0.486 e. The second kappa shape index (κ2) is 5.77. The van der Waals surface area contributed by atoms with Crippen molar-refractivity contribution in [2.24, 2.45) is 0 Å². The Labute approximate surface area is 107 Å². The lowest BCUT2D eigenvalue weighted by Gasteiger charge is -2.09. The van der Waals surface area contributed by atoms with Crippen molar-refractivity contribution in [1.29, 1.82) is 0 Å². The van der Waals surface area contributed by atoms with Crippen molar-refractivity contribution in [2.75, 3.05) is 6.61 Å². The minimum atomic E-state index is -0.499. The number of hydrogen-bond donors (Lipinski definition) is 0. The van der Waals surface area contributed by atoms with E-state index >= 15 is 0 Å². The molecule has 0 spiro atoms. The summed E-state index contributed by atoms with van der Waals surface area (Å²) in [5.74, 6) is 0.210. The number of halogens is 1. The van der Waals surface area contributed by atoms with E-state index in [1.807, 2.05) is 0 Å². The lowest BCUT2D eigenvalue weighted by atomic mass is 10.2. The third-order valence-electron chi connectivity index (χ3n) is 2.12. The predicted molar refractivity (Wildman–Crippen MR) is 66.3 cm³/mol. The molecule has 0 amide bonds. The number of Topliss-reactive ketones (excluding diaryl/α,β-unsaturated/α-hetero) is 1. The van der Waals surface area contributed by atoms with Crippen LogP contribution in [-0.4, -0.2) is 17.3 Å². The van der Waals surface area contributed by atoms with Gasteiger partial charge in [0.15, 0.2) is 5.75 Å². The number of nitro groups is 1. The molecule has 0 aliphatic carbocycles. The molecule has 0 aromatic heterocycles. The molecule has 0 unspecified atom stereocenters. The standard InChI is InChI=1S/C11H12BrNO4/c1-7-5-9(12)6-10(13(15)16)11(7)17-4-3-8(2)14/h5-6H,3-4H2,1-2H3. The molecule has 0 N–H and O–H groups in total. The van der Waals surface area contributed by atoms with E-state index in [1.165, 1.54) is 13.0 Å². The lowest BCUT2D eigenvalue weighted by Crippen LogP contribution is -2.05. The van der Waals surface area contributed by atoms with Crippen molar-refractivity contribution in [2.45, 2.75) is 20.3 Å². The van der Waals surface area contributed by atoms with Gasteiger partial charge in [0.1, 0.15) is 5.78 Å². The molecule has 0 aliphatic heterocycles. The van der Waals surface area contributed by atoms with Crippen LogP contribution in [0.3, 0.4) is 0 Å². The Balaban J connectivity index is 2.96. The van der Waals surface area contributed by atoms with Crippen LogP contribution in [0.4, 0.5) is 5.69 Å². The van der Waals surface area contributed by atoms with Gasteiger partial charge in [-0.2, -0.15) is 0 Å². The quantitative estimate of drug-likeness (QED) is 0.619. The highest BCUT2D eigenvalue weighted by Crippen LogP contribution is 2.34. The summed E-state index contributed by atoms with van der Waals surface area (Å²) in [7, 11) is 0. The molecule has 6 heteroatoms. The van der Waals surface area contributed by atoms with Crippen LogP contribution in [0.2, 0.25) is 0 Å². The first-order chi connectivity index (χ1) is 7.91. The highest BCUT2D eigenvalue weighted by molar-refractivity contribution is 9.10. The minimum absolute atomic E-state index is 0.0117. The van der Waals surface area contributed by atoms with Crippen molar-refractivity contribution < 1.29 is 14.5 Å². The molecule has 92 valence electrons. The molecule has 1 aromatic rings. The molecule has 0 radical (unpaired) electrons. The van der Waals surface area contributed by atoms with Crippen LogP contribution in [0.1, 0.15) is 18.9 Å². The highest BCUT2D eigenvalue weighted by Gasteiger charge is 2.18. The number of benzene rings is 1. The van der Waals surface area contributed by atoms with Crippen LogP contribution in [-0.2, 0) is 4.79 Å². The zero-order valence-electron chi connectivity index (χ0n) is 9.53. The van der Waals surface area contributed by atoms with Crippen molar-refractivity contribution in [1.82, 2.24) is 0 Å². The van der Waals surface area contributed by atoms with Crippen molar-refractivity contribution in [3.8, 4) is 5.75 Å². The highest BCUT2D eigenvalue weighted by atomic mass is 79.9. The fraction of sp³-hybridized carbons (Fsp3) is 0.364. The number of aryl methyl sites for hydroxylation is 1. The van der Waals surface area contributed by atoms with Crippen molar-refractivity contribution >= 4 is 27.4 Å². The Hall–Kier alpha value is -1.43. The number of ether oxygens (including phenoxy) is 1. The monoisotopic (exact) mass is 301 g/mol. The zero-order chi connectivity index (χ0) is 13.0. The fourth-order valence-electron chi connectivity index (χ4n) is 1.33. The van der Waals surface area contributed by atoms with Crippen LogP contribution in [0.15, 0.2) is 16.6 Å². The van der Waals surface area contributed by atoms with Gasteiger partial charge in [-0.3, -0.25) is 14.9 Å². The molecule has 1 rings (SSSR count). The number of ketones is 1. The maximum absolute atomic E-state index is 10.9. The summed E-state index contributed by atoms with van der Waals surface area (Å²) in [5, 5.41) is 10.9. The van der Waals surface area contributed by atoms with E-state index in [0.29, 0.717) is 10.0 Å². The van der Waals surface area contributed by atoms with Crippen molar-refractivity contribution in [3.05, 3.63) is 32.3 Å². The average molecular weight is 302 g/mol. The molecule has 0 saturated carbocycles. The first-order valence-electron chi connectivity index (χ1n) is 4.98. The number of rotatable bonds is 5. The average Bonchev–Trinajstić information content (AvgIpc) is 2.19. The summed E-state index contributed by atoms with van der Waals surface area (Å²) in [6, 6.07) is 3.12. The summed E-state index contributed by atoms with van der Waals surface area (Å²) < 4.78 is 5.94. The summed E-state index contributed by atoms with van der Waals surface area (Å²) in [5.41, 5.74) is 0.565. The Morgan fingerprint density at radius 3 is 2.71 bits per heavy atom. The second-order valence-corrected chi connectivity index (χ2v) is 4.54. The first kappa shape index (κ1) is 13.6. The molecule has 0 bridgehead atoms.